The molecule has 0 saturated heterocycles. The van der Waals surface area contributed by atoms with Gasteiger partial charge in [-0.1, -0.05) is 36.4 Å². The number of methoxy groups -OCH3 is 1. The first-order valence-electron chi connectivity index (χ1n) is 10.6. The number of carbonyl (C=O) groups excluding carboxylic acids is 2. The van der Waals surface area contributed by atoms with Gasteiger partial charge in [0.1, 0.15) is 11.4 Å². The summed E-state index contributed by atoms with van der Waals surface area (Å²) in [4.78, 5) is 34.6. The minimum absolute atomic E-state index is 0.321. The van der Waals surface area contributed by atoms with Gasteiger partial charge in [-0.3, -0.25) is 14.6 Å². The fraction of sp³-hybridized carbons (Fsp3) is 0.192. The zero-order valence-electron chi connectivity index (χ0n) is 18.2. The number of ether oxygens (including phenoxy) is 1. The number of benzene rings is 2. The van der Waals surface area contributed by atoms with E-state index < -0.39 is 0 Å². The minimum Gasteiger partial charge on any atom is -0.497 e. The molecule has 0 bridgehead atoms. The first kappa shape index (κ1) is 21.3. The third kappa shape index (κ3) is 4.12. The van der Waals surface area contributed by atoms with Gasteiger partial charge in [0.2, 0.25) is 0 Å². The maximum Gasteiger partial charge on any atom is 0.282 e. The number of nitrogens with zero attached hydrogens (tertiary/aromatic N) is 3. The topological polar surface area (TPSA) is 62.7 Å². The second-order valence-corrected chi connectivity index (χ2v) is 7.42. The molecule has 6 nitrogen and oxygen atoms in total. The summed E-state index contributed by atoms with van der Waals surface area (Å²) in [6.07, 6.45) is 4.26. The van der Waals surface area contributed by atoms with Crippen molar-refractivity contribution in [2.24, 2.45) is 0 Å². The minimum atomic E-state index is -0.327. The average molecular weight is 428 g/mol. The van der Waals surface area contributed by atoms with Crippen LogP contribution in [0.2, 0.25) is 0 Å². The number of hydrogen-bond acceptors (Lipinski definition) is 5. The van der Waals surface area contributed by atoms with Crippen molar-refractivity contribution in [1.29, 1.82) is 0 Å². The van der Waals surface area contributed by atoms with Crippen LogP contribution < -0.4 is 9.64 Å². The van der Waals surface area contributed by atoms with Crippen LogP contribution in [0.15, 0.2) is 84.8 Å². The van der Waals surface area contributed by atoms with Gasteiger partial charge in [0.25, 0.3) is 11.8 Å². The third-order valence-electron chi connectivity index (χ3n) is 5.55. The molecule has 0 fully saturated rings. The fourth-order valence-electron chi connectivity index (χ4n) is 3.90. The normalized spacial score (nSPS) is 13.6. The molecule has 2 heterocycles. The molecule has 0 aliphatic carbocycles. The highest BCUT2D eigenvalue weighted by molar-refractivity contribution is 6.45. The monoisotopic (exact) mass is 427 g/mol. The van der Waals surface area contributed by atoms with E-state index in [2.05, 4.69) is 4.98 Å². The van der Waals surface area contributed by atoms with Crippen molar-refractivity contribution < 1.29 is 14.3 Å². The van der Waals surface area contributed by atoms with E-state index in [4.69, 9.17) is 4.74 Å². The molecule has 0 unspecified atom stereocenters. The first-order valence-corrected chi connectivity index (χ1v) is 10.6. The van der Waals surface area contributed by atoms with Crippen molar-refractivity contribution in [3.05, 3.63) is 95.9 Å². The molecule has 1 aliphatic rings. The van der Waals surface area contributed by atoms with Crippen molar-refractivity contribution in [3.63, 3.8) is 0 Å². The summed E-state index contributed by atoms with van der Waals surface area (Å²) in [7, 11) is 1.56. The Labute approximate surface area is 187 Å². The van der Waals surface area contributed by atoms with Crippen LogP contribution in [0.5, 0.6) is 5.75 Å². The van der Waals surface area contributed by atoms with Crippen LogP contribution in [-0.4, -0.2) is 41.9 Å². The van der Waals surface area contributed by atoms with Gasteiger partial charge in [-0.05, 0) is 48.7 Å². The van der Waals surface area contributed by atoms with Crippen LogP contribution in [0.4, 0.5) is 5.69 Å². The van der Waals surface area contributed by atoms with Gasteiger partial charge in [0, 0.05) is 31.5 Å². The maximum atomic E-state index is 13.7. The van der Waals surface area contributed by atoms with Gasteiger partial charge in [-0.15, -0.1) is 0 Å². The standard InChI is InChI=1S/C26H25N3O3/c1-3-28(17-14-19-12-15-27-16-13-19)24-23(20-8-5-4-6-9-20)25(30)29(26(24)31)21-10-7-11-22(18-21)32-2/h4-13,15-16,18H,3,14,17H2,1-2H3. The fourth-order valence-corrected chi connectivity index (χ4v) is 3.90. The molecule has 32 heavy (non-hydrogen) atoms. The molecule has 0 atom stereocenters. The Balaban J connectivity index is 1.74. The Morgan fingerprint density at radius 1 is 0.938 bits per heavy atom. The zero-order chi connectivity index (χ0) is 22.5. The van der Waals surface area contributed by atoms with Crippen LogP contribution in [0, 0.1) is 0 Å². The lowest BCUT2D eigenvalue weighted by molar-refractivity contribution is -0.120. The predicted molar refractivity (Wildman–Crippen MR) is 124 cm³/mol. The van der Waals surface area contributed by atoms with Crippen molar-refractivity contribution in [2.75, 3.05) is 25.1 Å². The summed E-state index contributed by atoms with van der Waals surface area (Å²) in [6, 6.07) is 20.3. The molecule has 2 amide bonds. The van der Waals surface area contributed by atoms with Crippen LogP contribution in [0.1, 0.15) is 18.1 Å². The van der Waals surface area contributed by atoms with Crippen LogP contribution in [0.25, 0.3) is 5.57 Å². The number of imide groups is 1. The quantitative estimate of drug-likeness (QED) is 0.510. The molecule has 1 aromatic heterocycles. The van der Waals surface area contributed by atoms with Crippen molar-refractivity contribution >= 4 is 23.1 Å². The van der Waals surface area contributed by atoms with Crippen molar-refractivity contribution in [2.45, 2.75) is 13.3 Å². The third-order valence-corrected chi connectivity index (χ3v) is 5.55. The number of carbonyl (C=O) groups is 2. The molecule has 3 aromatic rings. The maximum absolute atomic E-state index is 13.7. The Morgan fingerprint density at radius 3 is 2.38 bits per heavy atom. The summed E-state index contributed by atoms with van der Waals surface area (Å²) in [6.45, 7) is 3.20. The van der Waals surface area contributed by atoms with Gasteiger partial charge in [-0.25, -0.2) is 4.90 Å². The number of anilines is 1. The number of pyridine rings is 1. The lowest BCUT2D eigenvalue weighted by Crippen LogP contribution is -2.36. The number of amides is 2. The molecule has 0 spiro atoms. The molecule has 1 aliphatic heterocycles. The van der Waals surface area contributed by atoms with E-state index in [0.29, 0.717) is 35.8 Å². The van der Waals surface area contributed by atoms with Crippen molar-refractivity contribution in [3.8, 4) is 5.75 Å². The number of hydrogen-bond donors (Lipinski definition) is 0. The summed E-state index contributed by atoms with van der Waals surface area (Å²) in [5.41, 5.74) is 3.21. The molecule has 2 aromatic carbocycles. The van der Waals surface area contributed by atoms with Gasteiger partial charge in [-0.2, -0.15) is 0 Å². The van der Waals surface area contributed by atoms with E-state index >= 15 is 0 Å². The molecule has 0 saturated carbocycles. The van der Waals surface area contributed by atoms with Gasteiger partial charge >= 0.3 is 0 Å². The Kier molecular flexibility index (Phi) is 6.31. The predicted octanol–water partition coefficient (Wildman–Crippen LogP) is 3.94. The van der Waals surface area contributed by atoms with Gasteiger partial charge < -0.3 is 9.64 Å². The van der Waals surface area contributed by atoms with Gasteiger partial charge in [0.05, 0.1) is 18.4 Å². The van der Waals surface area contributed by atoms with Crippen LogP contribution >= 0.6 is 0 Å². The Hall–Kier alpha value is -3.93. The van der Waals surface area contributed by atoms with Crippen LogP contribution in [-0.2, 0) is 16.0 Å². The second-order valence-electron chi connectivity index (χ2n) is 7.42. The highest BCUT2D eigenvalue weighted by Crippen LogP contribution is 2.35. The molecule has 0 N–H and O–H groups in total. The van der Waals surface area contributed by atoms with E-state index in [0.717, 1.165) is 17.5 Å². The average Bonchev–Trinajstić information content (AvgIpc) is 3.10. The Morgan fingerprint density at radius 2 is 1.69 bits per heavy atom. The van der Waals surface area contributed by atoms with Crippen molar-refractivity contribution in [1.82, 2.24) is 9.88 Å². The summed E-state index contributed by atoms with van der Waals surface area (Å²) >= 11 is 0. The second kappa shape index (κ2) is 9.47. The SMILES string of the molecule is CCN(CCc1ccncc1)C1=C(c2ccccc2)C(=O)N(c2cccc(OC)c2)C1=O. The summed E-state index contributed by atoms with van der Waals surface area (Å²) < 4.78 is 5.30. The zero-order valence-corrected chi connectivity index (χ0v) is 18.2. The van der Waals surface area contributed by atoms with E-state index in [1.165, 1.54) is 4.90 Å². The van der Waals surface area contributed by atoms with E-state index in [-0.39, 0.29) is 11.8 Å². The lowest BCUT2D eigenvalue weighted by Gasteiger charge is -2.25. The largest absolute Gasteiger partial charge is 0.497 e. The highest BCUT2D eigenvalue weighted by atomic mass is 16.5. The van der Waals surface area contributed by atoms with Gasteiger partial charge in [0.15, 0.2) is 0 Å². The number of aromatic nitrogens is 1. The molecule has 6 heteroatoms. The molecule has 0 radical (unpaired) electrons. The smallest absolute Gasteiger partial charge is 0.282 e. The summed E-state index contributed by atoms with van der Waals surface area (Å²) in [5.74, 6) is -0.0617. The Bertz CT molecular complexity index is 1140. The lowest BCUT2D eigenvalue weighted by atomic mass is 10.0. The molecular weight excluding hydrogens is 402 g/mol. The summed E-state index contributed by atoms with van der Waals surface area (Å²) in [5, 5.41) is 0. The number of rotatable bonds is 8. The molecule has 162 valence electrons. The van der Waals surface area contributed by atoms with E-state index in [1.807, 2.05) is 54.3 Å². The van der Waals surface area contributed by atoms with E-state index in [1.54, 1.807) is 43.8 Å². The first-order chi connectivity index (χ1) is 15.6. The number of likely N-dealkylation sites (N-methyl/N-ethyl adjacent to an activating group) is 1. The molecular formula is C26H25N3O3. The highest BCUT2D eigenvalue weighted by Gasteiger charge is 2.42. The van der Waals surface area contributed by atoms with E-state index in [9.17, 15) is 9.59 Å². The van der Waals surface area contributed by atoms with Crippen LogP contribution in [0.3, 0.4) is 0 Å². The molecule has 4 rings (SSSR count).